The fourth-order valence-corrected chi connectivity index (χ4v) is 4.02. The van der Waals surface area contributed by atoms with Crippen molar-refractivity contribution in [1.82, 2.24) is 25.3 Å². The second-order valence-corrected chi connectivity index (χ2v) is 8.53. The fraction of sp³-hybridized carbons (Fsp3) is 0.308. The maximum absolute atomic E-state index is 15.2. The van der Waals surface area contributed by atoms with Crippen molar-refractivity contribution >= 4 is 23.4 Å². The van der Waals surface area contributed by atoms with Gasteiger partial charge in [-0.3, -0.25) is 9.78 Å². The molecule has 3 N–H and O–H groups in total. The van der Waals surface area contributed by atoms with E-state index in [4.69, 9.17) is 4.74 Å². The third kappa shape index (κ3) is 5.35. The van der Waals surface area contributed by atoms with Gasteiger partial charge in [-0.1, -0.05) is 6.58 Å². The van der Waals surface area contributed by atoms with Crippen molar-refractivity contribution in [1.29, 1.82) is 0 Å². The highest BCUT2D eigenvalue weighted by atomic mass is 19.1. The molecule has 1 saturated carbocycles. The molecule has 1 fully saturated rings. The van der Waals surface area contributed by atoms with Crippen molar-refractivity contribution in [2.45, 2.75) is 26.2 Å². The van der Waals surface area contributed by atoms with E-state index in [0.29, 0.717) is 41.4 Å². The van der Waals surface area contributed by atoms with Crippen LogP contribution in [0.2, 0.25) is 0 Å². The molecule has 184 valence electrons. The fourth-order valence-electron chi connectivity index (χ4n) is 4.02. The van der Waals surface area contributed by atoms with Crippen LogP contribution in [0.1, 0.15) is 43.0 Å². The number of halogens is 2. The van der Waals surface area contributed by atoms with E-state index in [-0.39, 0.29) is 5.56 Å². The van der Waals surface area contributed by atoms with Crippen LogP contribution in [-0.2, 0) is 11.8 Å². The summed E-state index contributed by atoms with van der Waals surface area (Å²) in [6.45, 7) is 6.62. The van der Waals surface area contributed by atoms with Crippen LogP contribution in [0.25, 0.3) is 29.0 Å². The van der Waals surface area contributed by atoms with Gasteiger partial charge < -0.3 is 15.4 Å². The number of ether oxygens (including phenoxy) is 1. The second kappa shape index (κ2) is 10.7. The molecule has 1 aromatic carbocycles. The topological polar surface area (TPSA) is 79.8 Å². The van der Waals surface area contributed by atoms with E-state index in [9.17, 15) is 0 Å². The lowest BCUT2D eigenvalue weighted by Crippen LogP contribution is -2.27. The number of benzene rings is 1. The van der Waals surface area contributed by atoms with E-state index < -0.39 is 11.6 Å². The molecular formula is C26H30F2N6O. The maximum atomic E-state index is 15.2. The first-order valence-electron chi connectivity index (χ1n) is 11.5. The van der Waals surface area contributed by atoms with Gasteiger partial charge in [0.15, 0.2) is 0 Å². The van der Waals surface area contributed by atoms with Crippen molar-refractivity contribution in [3.05, 3.63) is 71.0 Å². The van der Waals surface area contributed by atoms with Gasteiger partial charge in [0.05, 0.1) is 18.5 Å². The quantitative estimate of drug-likeness (QED) is 0.342. The second-order valence-electron chi connectivity index (χ2n) is 8.53. The Bertz CT molecular complexity index is 1260. The molecule has 0 aliphatic heterocycles. The monoisotopic (exact) mass is 480 g/mol. The summed E-state index contributed by atoms with van der Waals surface area (Å²) in [5, 5.41) is 17.9. The Morgan fingerprint density at radius 1 is 1.29 bits per heavy atom. The van der Waals surface area contributed by atoms with Crippen LogP contribution in [0.3, 0.4) is 0 Å². The normalized spacial score (nSPS) is 13.5. The van der Waals surface area contributed by atoms with E-state index in [1.807, 2.05) is 13.2 Å². The molecule has 3 aromatic rings. The lowest BCUT2D eigenvalue weighted by molar-refractivity contribution is 0.202. The third-order valence-electron chi connectivity index (χ3n) is 6.00. The molecule has 0 saturated heterocycles. The Morgan fingerprint density at radius 3 is 2.60 bits per heavy atom. The Hall–Kier alpha value is -3.72. The average Bonchev–Trinajstić information content (AvgIpc) is 3.37. The number of rotatable bonds is 10. The van der Waals surface area contributed by atoms with Crippen molar-refractivity contribution in [3.8, 4) is 11.3 Å². The summed E-state index contributed by atoms with van der Waals surface area (Å²) in [5.74, 6) is -0.507. The molecule has 0 radical (unpaired) electrons. The Morgan fingerprint density at radius 2 is 2.03 bits per heavy atom. The summed E-state index contributed by atoms with van der Waals surface area (Å²) in [7, 11) is 3.44. The summed E-state index contributed by atoms with van der Waals surface area (Å²) >= 11 is 0. The Kier molecular flexibility index (Phi) is 7.45. The van der Waals surface area contributed by atoms with Gasteiger partial charge in [0.2, 0.25) is 0 Å². The first-order chi connectivity index (χ1) is 16.9. The molecule has 0 unspecified atom stereocenters. The predicted molar refractivity (Wildman–Crippen MR) is 135 cm³/mol. The van der Waals surface area contributed by atoms with E-state index in [1.54, 1.807) is 37.1 Å². The van der Waals surface area contributed by atoms with E-state index in [0.717, 1.165) is 30.6 Å². The van der Waals surface area contributed by atoms with E-state index in [2.05, 4.69) is 32.5 Å². The van der Waals surface area contributed by atoms with Crippen LogP contribution in [-0.4, -0.2) is 40.2 Å². The van der Waals surface area contributed by atoms with Crippen molar-refractivity contribution in [2.24, 2.45) is 7.05 Å². The minimum absolute atomic E-state index is 0.0888. The van der Waals surface area contributed by atoms with Gasteiger partial charge >= 0.3 is 0 Å². The highest BCUT2D eigenvalue weighted by molar-refractivity contribution is 5.88. The van der Waals surface area contributed by atoms with Gasteiger partial charge in [0.1, 0.15) is 23.1 Å². The van der Waals surface area contributed by atoms with Crippen LogP contribution in [0.15, 0.2) is 42.5 Å². The first kappa shape index (κ1) is 24.4. The Balaban J connectivity index is 1.64. The van der Waals surface area contributed by atoms with E-state index >= 15 is 8.78 Å². The van der Waals surface area contributed by atoms with Gasteiger partial charge in [-0.15, -0.1) is 0 Å². The van der Waals surface area contributed by atoms with E-state index in [1.165, 1.54) is 17.7 Å². The molecule has 2 aromatic heterocycles. The summed E-state index contributed by atoms with van der Waals surface area (Å²) in [4.78, 5) is 0. The molecule has 9 heteroatoms. The molecule has 1 aliphatic carbocycles. The number of hydrogen-bond acceptors (Lipinski definition) is 5. The summed E-state index contributed by atoms with van der Waals surface area (Å²) < 4.78 is 37.2. The lowest BCUT2D eigenvalue weighted by atomic mass is 9.92. The minimum Gasteiger partial charge on any atom is -0.383 e. The predicted octanol–water partition coefficient (Wildman–Crippen LogP) is 5.34. The number of nitrogens with one attached hydrogen (secondary N) is 3. The SMILES string of the molecule is C=Cc1[nH]nc(-c2cnn(C)c2)c1/C=C(\C)c1c(F)cc(NC(NCCOC)=C2CCC2)cc1F. The average molecular weight is 481 g/mol. The number of allylic oxidation sites excluding steroid dienone is 2. The van der Waals surface area contributed by atoms with Gasteiger partial charge in [0, 0.05) is 49.3 Å². The molecule has 1 aliphatic rings. The molecule has 2 heterocycles. The van der Waals surface area contributed by atoms with Gasteiger partial charge in [-0.25, -0.2) is 8.78 Å². The highest BCUT2D eigenvalue weighted by Gasteiger charge is 2.19. The van der Waals surface area contributed by atoms with Gasteiger partial charge in [-0.05, 0) is 61.6 Å². The number of methoxy groups -OCH3 is 1. The van der Waals surface area contributed by atoms with Gasteiger partial charge in [0.25, 0.3) is 0 Å². The number of aryl methyl sites for hydroxylation is 1. The summed E-state index contributed by atoms with van der Waals surface area (Å²) in [5.41, 5.74) is 4.65. The number of nitrogens with zero attached hydrogens (tertiary/aromatic N) is 3. The number of anilines is 1. The minimum atomic E-state index is -0.650. The number of aromatic nitrogens is 4. The number of H-pyrrole nitrogens is 1. The zero-order chi connectivity index (χ0) is 24.9. The standard InChI is InChI=1S/C26H30F2N6O/c1-5-23-20(25(33-32-23)18-14-30-34(3)15-18)11-16(2)24-21(27)12-19(13-22(24)28)31-26(17-7-6-8-17)29-9-10-35-4/h5,11-15,29,31H,1,6-10H2,2-4H3,(H,32,33)/b16-11+. The molecule has 35 heavy (non-hydrogen) atoms. The van der Waals surface area contributed by atoms with Crippen LogP contribution >= 0.6 is 0 Å². The van der Waals surface area contributed by atoms with Crippen LogP contribution in [0.5, 0.6) is 0 Å². The molecule has 7 nitrogen and oxygen atoms in total. The van der Waals surface area contributed by atoms with Crippen molar-refractivity contribution in [3.63, 3.8) is 0 Å². The molecule has 0 spiro atoms. The maximum Gasteiger partial charge on any atom is 0.135 e. The zero-order valence-corrected chi connectivity index (χ0v) is 20.2. The summed E-state index contributed by atoms with van der Waals surface area (Å²) in [6.07, 6.45) is 9.88. The molecular weight excluding hydrogens is 450 g/mol. The molecule has 0 bridgehead atoms. The third-order valence-corrected chi connectivity index (χ3v) is 6.00. The van der Waals surface area contributed by atoms with Crippen LogP contribution < -0.4 is 10.6 Å². The van der Waals surface area contributed by atoms with Crippen molar-refractivity contribution < 1.29 is 13.5 Å². The van der Waals surface area contributed by atoms with Crippen LogP contribution in [0, 0.1) is 11.6 Å². The highest BCUT2D eigenvalue weighted by Crippen LogP contribution is 2.33. The first-order valence-corrected chi connectivity index (χ1v) is 11.5. The summed E-state index contributed by atoms with van der Waals surface area (Å²) in [6, 6.07) is 2.64. The molecule has 4 rings (SSSR count). The van der Waals surface area contributed by atoms with Gasteiger partial charge in [-0.2, -0.15) is 10.2 Å². The molecule has 0 amide bonds. The smallest absolute Gasteiger partial charge is 0.135 e. The van der Waals surface area contributed by atoms with Crippen molar-refractivity contribution in [2.75, 3.05) is 25.6 Å². The number of aromatic amines is 1. The lowest BCUT2D eigenvalue weighted by Gasteiger charge is -2.24. The molecule has 0 atom stereocenters. The Labute approximate surface area is 203 Å². The zero-order valence-electron chi connectivity index (χ0n) is 20.2. The number of hydrogen-bond donors (Lipinski definition) is 3. The van der Waals surface area contributed by atoms with Crippen LogP contribution in [0.4, 0.5) is 14.5 Å². The largest absolute Gasteiger partial charge is 0.383 e.